The lowest BCUT2D eigenvalue weighted by atomic mass is 9.93. The van der Waals surface area contributed by atoms with Crippen molar-refractivity contribution in [1.29, 1.82) is 0 Å². The summed E-state index contributed by atoms with van der Waals surface area (Å²) in [5.41, 5.74) is 1.85. The molecule has 3 aromatic rings. The van der Waals surface area contributed by atoms with Crippen molar-refractivity contribution in [1.82, 2.24) is 0 Å². The van der Waals surface area contributed by atoms with Gasteiger partial charge in [-0.2, -0.15) is 0 Å². The topological polar surface area (TPSA) is 35.5 Å². The molecule has 3 rings (SSSR count). The monoisotopic (exact) mass is 460 g/mol. The molecule has 0 aliphatic rings. The molecule has 0 amide bonds. The van der Waals surface area contributed by atoms with Gasteiger partial charge in [0.25, 0.3) is 0 Å². The average molecular weight is 461 g/mol. The quantitative estimate of drug-likeness (QED) is 0.168. The van der Waals surface area contributed by atoms with Gasteiger partial charge in [0.1, 0.15) is 18.1 Å². The van der Waals surface area contributed by atoms with Crippen LogP contribution in [-0.2, 0) is 6.61 Å². The van der Waals surface area contributed by atoms with Crippen LogP contribution >= 0.6 is 0 Å². The van der Waals surface area contributed by atoms with E-state index in [4.69, 9.17) is 9.47 Å². The molecular formula is C31H40O3. The first kappa shape index (κ1) is 25.8. The Bertz CT molecular complexity index is 1020. The molecule has 182 valence electrons. The van der Waals surface area contributed by atoms with Crippen LogP contribution in [0.4, 0.5) is 0 Å². The van der Waals surface area contributed by atoms with E-state index in [1.54, 1.807) is 0 Å². The van der Waals surface area contributed by atoms with Crippen molar-refractivity contribution in [2.75, 3.05) is 6.61 Å². The number of ether oxygens (including phenoxy) is 2. The van der Waals surface area contributed by atoms with Gasteiger partial charge in [-0.05, 0) is 48.1 Å². The number of carbonyl (C=O) groups is 1. The summed E-state index contributed by atoms with van der Waals surface area (Å²) < 4.78 is 12.1. The largest absolute Gasteiger partial charge is 0.494 e. The van der Waals surface area contributed by atoms with Gasteiger partial charge in [-0.25, -0.2) is 0 Å². The molecule has 0 saturated carbocycles. The van der Waals surface area contributed by atoms with Crippen molar-refractivity contribution in [3.05, 3.63) is 71.8 Å². The fraction of sp³-hybridized carbons (Fsp3) is 0.452. The summed E-state index contributed by atoms with van der Waals surface area (Å²) in [4.78, 5) is 12.7. The minimum Gasteiger partial charge on any atom is -0.494 e. The summed E-state index contributed by atoms with van der Waals surface area (Å²) in [5.74, 6) is 2.08. The number of hydrogen-bond acceptors (Lipinski definition) is 3. The molecular weight excluding hydrogens is 420 g/mol. The molecule has 3 aromatic carbocycles. The Morgan fingerprint density at radius 3 is 2.35 bits per heavy atom. The van der Waals surface area contributed by atoms with E-state index in [-0.39, 0.29) is 11.7 Å². The Hall–Kier alpha value is -2.81. The lowest BCUT2D eigenvalue weighted by Crippen LogP contribution is -2.11. The van der Waals surface area contributed by atoms with E-state index in [9.17, 15) is 4.79 Å². The summed E-state index contributed by atoms with van der Waals surface area (Å²) in [5, 5.41) is 2.19. The number of carbonyl (C=O) groups excluding carboxylic acids is 1. The number of rotatable bonds is 15. The Morgan fingerprint density at radius 1 is 0.824 bits per heavy atom. The van der Waals surface area contributed by atoms with Crippen LogP contribution in [0.2, 0.25) is 0 Å². The van der Waals surface area contributed by atoms with Crippen LogP contribution in [0.15, 0.2) is 60.7 Å². The van der Waals surface area contributed by atoms with E-state index in [1.807, 2.05) is 49.4 Å². The molecule has 0 spiro atoms. The van der Waals surface area contributed by atoms with Crippen LogP contribution in [0.5, 0.6) is 11.5 Å². The summed E-state index contributed by atoms with van der Waals surface area (Å²) in [7, 11) is 0. The SMILES string of the molecule is CCCCCC[C@@H](C)C(=O)c1ccc(COc2cccc3cc(OCCCCC)ccc23)cc1. The Kier molecular flexibility index (Phi) is 10.5. The number of benzene rings is 3. The summed E-state index contributed by atoms with van der Waals surface area (Å²) in [6.07, 6.45) is 9.25. The zero-order valence-corrected chi connectivity index (χ0v) is 21.1. The first-order valence-electron chi connectivity index (χ1n) is 13.0. The van der Waals surface area contributed by atoms with Crippen molar-refractivity contribution >= 4 is 16.6 Å². The minimum atomic E-state index is 0.0788. The van der Waals surface area contributed by atoms with E-state index < -0.39 is 0 Å². The lowest BCUT2D eigenvalue weighted by molar-refractivity contribution is 0.0922. The van der Waals surface area contributed by atoms with Crippen LogP contribution in [0.25, 0.3) is 10.8 Å². The van der Waals surface area contributed by atoms with Crippen molar-refractivity contribution in [3.63, 3.8) is 0 Å². The van der Waals surface area contributed by atoms with E-state index in [0.717, 1.165) is 59.3 Å². The zero-order valence-electron chi connectivity index (χ0n) is 21.1. The number of hydrogen-bond donors (Lipinski definition) is 0. The normalized spacial score (nSPS) is 12.0. The smallest absolute Gasteiger partial charge is 0.165 e. The summed E-state index contributed by atoms with van der Waals surface area (Å²) >= 11 is 0. The molecule has 3 nitrogen and oxygen atoms in total. The Morgan fingerprint density at radius 2 is 1.59 bits per heavy atom. The van der Waals surface area contributed by atoms with Gasteiger partial charge in [-0.1, -0.05) is 95.7 Å². The minimum absolute atomic E-state index is 0.0788. The highest BCUT2D eigenvalue weighted by Gasteiger charge is 2.15. The van der Waals surface area contributed by atoms with Crippen LogP contribution in [0.3, 0.4) is 0 Å². The Labute approximate surface area is 205 Å². The van der Waals surface area contributed by atoms with Crippen molar-refractivity contribution in [2.24, 2.45) is 5.92 Å². The van der Waals surface area contributed by atoms with E-state index in [1.165, 1.54) is 32.1 Å². The molecule has 3 heteroatoms. The predicted octanol–water partition coefficient (Wildman–Crippen LogP) is 8.78. The molecule has 0 aliphatic carbocycles. The second-order valence-electron chi connectivity index (χ2n) is 9.29. The molecule has 0 heterocycles. The van der Waals surface area contributed by atoms with Crippen molar-refractivity contribution in [3.8, 4) is 11.5 Å². The second kappa shape index (κ2) is 13.8. The van der Waals surface area contributed by atoms with Crippen LogP contribution in [0.1, 0.15) is 88.1 Å². The highest BCUT2D eigenvalue weighted by atomic mass is 16.5. The maximum atomic E-state index is 12.7. The van der Waals surface area contributed by atoms with E-state index in [2.05, 4.69) is 32.0 Å². The van der Waals surface area contributed by atoms with Crippen LogP contribution in [-0.4, -0.2) is 12.4 Å². The molecule has 0 N–H and O–H groups in total. The predicted molar refractivity (Wildman–Crippen MR) is 142 cm³/mol. The fourth-order valence-electron chi connectivity index (χ4n) is 4.21. The van der Waals surface area contributed by atoms with Gasteiger partial charge in [-0.15, -0.1) is 0 Å². The molecule has 0 bridgehead atoms. The molecule has 0 aliphatic heterocycles. The van der Waals surface area contributed by atoms with Gasteiger partial charge in [0.05, 0.1) is 6.61 Å². The van der Waals surface area contributed by atoms with Crippen molar-refractivity contribution in [2.45, 2.75) is 78.7 Å². The lowest BCUT2D eigenvalue weighted by Gasteiger charge is -2.13. The van der Waals surface area contributed by atoms with Crippen LogP contribution < -0.4 is 9.47 Å². The number of Topliss-reactive ketones (excluding diaryl/α,β-unsaturated/α-hetero) is 1. The number of unbranched alkanes of at least 4 members (excludes halogenated alkanes) is 5. The third-order valence-electron chi connectivity index (χ3n) is 6.40. The highest BCUT2D eigenvalue weighted by molar-refractivity contribution is 5.97. The molecule has 0 fully saturated rings. The van der Waals surface area contributed by atoms with E-state index >= 15 is 0 Å². The van der Waals surface area contributed by atoms with Crippen LogP contribution in [0, 0.1) is 5.92 Å². The molecule has 1 atom stereocenters. The van der Waals surface area contributed by atoms with Gasteiger partial charge in [0, 0.05) is 16.9 Å². The summed E-state index contributed by atoms with van der Waals surface area (Å²) in [6.45, 7) is 7.68. The van der Waals surface area contributed by atoms with Gasteiger partial charge >= 0.3 is 0 Å². The standard InChI is InChI=1S/C31H40O3/c1-4-6-8-9-12-24(3)31(32)26-17-15-25(16-18-26)23-34-30-14-11-13-27-22-28(19-20-29(27)30)33-21-10-7-5-2/h11,13-20,22,24H,4-10,12,21,23H2,1-3H3/t24-/m1/s1. The fourth-order valence-corrected chi connectivity index (χ4v) is 4.21. The maximum absolute atomic E-state index is 12.7. The Balaban J connectivity index is 1.56. The molecule has 0 unspecified atom stereocenters. The molecule has 34 heavy (non-hydrogen) atoms. The molecule has 0 saturated heterocycles. The molecule has 0 aromatic heterocycles. The summed E-state index contributed by atoms with van der Waals surface area (Å²) in [6, 6.07) is 20.2. The first-order valence-corrected chi connectivity index (χ1v) is 13.0. The van der Waals surface area contributed by atoms with E-state index in [0.29, 0.717) is 6.61 Å². The maximum Gasteiger partial charge on any atom is 0.165 e. The zero-order chi connectivity index (χ0) is 24.2. The average Bonchev–Trinajstić information content (AvgIpc) is 2.87. The second-order valence-corrected chi connectivity index (χ2v) is 9.29. The third-order valence-corrected chi connectivity index (χ3v) is 6.40. The van der Waals surface area contributed by atoms with Gasteiger partial charge in [0.2, 0.25) is 0 Å². The highest BCUT2D eigenvalue weighted by Crippen LogP contribution is 2.29. The van der Waals surface area contributed by atoms with Crippen molar-refractivity contribution < 1.29 is 14.3 Å². The molecule has 0 radical (unpaired) electrons. The van der Waals surface area contributed by atoms with Gasteiger partial charge in [0.15, 0.2) is 5.78 Å². The first-order chi connectivity index (χ1) is 16.6. The number of fused-ring (bicyclic) bond motifs is 1. The van der Waals surface area contributed by atoms with Gasteiger partial charge < -0.3 is 9.47 Å². The van der Waals surface area contributed by atoms with Gasteiger partial charge in [-0.3, -0.25) is 4.79 Å². The third kappa shape index (κ3) is 7.62. The number of ketones is 1.